The van der Waals surface area contributed by atoms with Gasteiger partial charge in [-0.2, -0.15) is 0 Å². The molecule has 51 valence electrons. The second-order valence-corrected chi connectivity index (χ2v) is 1.60. The van der Waals surface area contributed by atoms with E-state index in [0.29, 0.717) is 13.4 Å². The molecule has 1 aromatic heterocycles. The standard InChI is InChI=1S/C5H5BNO3/c8-4-1-5(10-6-9)3-7-2-4/h1-3,8-9H. The Morgan fingerprint density at radius 1 is 1.50 bits per heavy atom. The van der Waals surface area contributed by atoms with Gasteiger partial charge in [0.15, 0.2) is 0 Å². The summed E-state index contributed by atoms with van der Waals surface area (Å²) < 4.78 is 4.49. The number of pyridine rings is 1. The lowest BCUT2D eigenvalue weighted by Gasteiger charge is -1.98. The Morgan fingerprint density at radius 3 is 2.90 bits per heavy atom. The molecule has 0 bridgehead atoms. The first-order valence-corrected chi connectivity index (χ1v) is 2.59. The molecule has 0 aliphatic heterocycles. The van der Waals surface area contributed by atoms with Crippen molar-refractivity contribution in [1.29, 1.82) is 0 Å². The summed E-state index contributed by atoms with van der Waals surface area (Å²) in [4.78, 5) is 3.60. The smallest absolute Gasteiger partial charge is 0.536 e. The number of rotatable bonds is 2. The van der Waals surface area contributed by atoms with E-state index in [-0.39, 0.29) is 5.75 Å². The zero-order valence-electron chi connectivity index (χ0n) is 5.06. The Kier molecular flexibility index (Phi) is 2.12. The summed E-state index contributed by atoms with van der Waals surface area (Å²) in [6, 6.07) is 1.33. The van der Waals surface area contributed by atoms with Crippen molar-refractivity contribution in [2.45, 2.75) is 0 Å². The maximum absolute atomic E-state index is 8.80. The Balaban J connectivity index is 2.75. The van der Waals surface area contributed by atoms with Gasteiger partial charge in [0.25, 0.3) is 0 Å². The van der Waals surface area contributed by atoms with Crippen molar-refractivity contribution in [2.24, 2.45) is 0 Å². The van der Waals surface area contributed by atoms with Crippen LogP contribution in [0.1, 0.15) is 0 Å². The van der Waals surface area contributed by atoms with Crippen LogP contribution < -0.4 is 4.65 Å². The maximum atomic E-state index is 8.80. The molecule has 0 saturated carbocycles. The third-order valence-corrected chi connectivity index (χ3v) is 0.888. The zero-order valence-corrected chi connectivity index (χ0v) is 5.06. The van der Waals surface area contributed by atoms with Crippen LogP contribution in [0.5, 0.6) is 11.5 Å². The van der Waals surface area contributed by atoms with E-state index in [1.807, 2.05) is 0 Å². The lowest BCUT2D eigenvalue weighted by Crippen LogP contribution is -1.99. The normalized spacial score (nSPS) is 8.90. The molecule has 0 aliphatic carbocycles. The molecule has 4 nitrogen and oxygen atoms in total. The van der Waals surface area contributed by atoms with Crippen molar-refractivity contribution in [1.82, 2.24) is 4.98 Å². The molecule has 0 amide bonds. The molecule has 10 heavy (non-hydrogen) atoms. The quantitative estimate of drug-likeness (QED) is 0.550. The lowest BCUT2D eigenvalue weighted by atomic mass is 10.4. The van der Waals surface area contributed by atoms with Crippen LogP contribution in [0.3, 0.4) is 0 Å². The van der Waals surface area contributed by atoms with Gasteiger partial charge in [-0.3, -0.25) is 4.98 Å². The summed E-state index contributed by atoms with van der Waals surface area (Å²) in [6.07, 6.45) is 2.64. The first-order chi connectivity index (χ1) is 4.83. The number of hydrogen-bond donors (Lipinski definition) is 2. The van der Waals surface area contributed by atoms with E-state index >= 15 is 0 Å². The fourth-order valence-corrected chi connectivity index (χ4v) is 0.533. The topological polar surface area (TPSA) is 62.6 Å². The highest BCUT2D eigenvalue weighted by Gasteiger charge is 1.94. The van der Waals surface area contributed by atoms with Crippen molar-refractivity contribution in [3.05, 3.63) is 18.5 Å². The van der Waals surface area contributed by atoms with Gasteiger partial charge in [-0.05, 0) is 0 Å². The summed E-state index contributed by atoms with van der Waals surface area (Å²) in [6.45, 7) is 0. The van der Waals surface area contributed by atoms with Crippen LogP contribution in [0.25, 0.3) is 0 Å². The minimum absolute atomic E-state index is 0.000602. The van der Waals surface area contributed by atoms with Gasteiger partial charge < -0.3 is 14.8 Å². The Morgan fingerprint density at radius 2 is 2.30 bits per heavy atom. The van der Waals surface area contributed by atoms with E-state index in [2.05, 4.69) is 9.64 Å². The molecule has 0 saturated heterocycles. The van der Waals surface area contributed by atoms with Crippen molar-refractivity contribution < 1.29 is 14.8 Å². The van der Waals surface area contributed by atoms with Gasteiger partial charge >= 0.3 is 7.69 Å². The molecule has 1 aromatic rings. The van der Waals surface area contributed by atoms with Gasteiger partial charge in [-0.25, -0.2) is 0 Å². The van der Waals surface area contributed by atoms with Crippen molar-refractivity contribution in [3.8, 4) is 11.5 Å². The Bertz CT molecular complexity index is 218. The first kappa shape index (κ1) is 6.89. The van der Waals surface area contributed by atoms with Gasteiger partial charge in [0, 0.05) is 6.07 Å². The average Bonchev–Trinajstić information content (AvgIpc) is 1.88. The highest BCUT2D eigenvalue weighted by atomic mass is 16.5. The SMILES string of the molecule is O[B]Oc1cncc(O)c1. The Hall–Kier alpha value is -1.23. The fourth-order valence-electron chi connectivity index (χ4n) is 0.533. The molecule has 0 unspecified atom stereocenters. The van der Waals surface area contributed by atoms with E-state index in [1.54, 1.807) is 0 Å². The van der Waals surface area contributed by atoms with Crippen LogP contribution in [0.15, 0.2) is 18.5 Å². The van der Waals surface area contributed by atoms with Crippen LogP contribution in [0, 0.1) is 0 Å². The summed E-state index contributed by atoms with van der Waals surface area (Å²) in [7, 11) is 0.524. The summed E-state index contributed by atoms with van der Waals surface area (Å²) >= 11 is 0. The van der Waals surface area contributed by atoms with Gasteiger partial charge in [0.1, 0.15) is 11.5 Å². The van der Waals surface area contributed by atoms with E-state index in [1.165, 1.54) is 18.5 Å². The average molecular weight is 138 g/mol. The molecular weight excluding hydrogens is 133 g/mol. The minimum Gasteiger partial charge on any atom is -0.536 e. The number of nitrogens with zero attached hydrogens (tertiary/aromatic N) is 1. The predicted molar refractivity (Wildman–Crippen MR) is 34.5 cm³/mol. The van der Waals surface area contributed by atoms with Gasteiger partial charge in [-0.15, -0.1) is 0 Å². The molecule has 5 heteroatoms. The molecule has 0 fully saturated rings. The molecule has 0 atom stereocenters. The number of hydrogen-bond acceptors (Lipinski definition) is 4. The van der Waals surface area contributed by atoms with Crippen molar-refractivity contribution in [3.63, 3.8) is 0 Å². The molecule has 0 spiro atoms. The minimum atomic E-state index is -0.000602. The first-order valence-electron chi connectivity index (χ1n) is 2.59. The van der Waals surface area contributed by atoms with Gasteiger partial charge in [0.2, 0.25) is 0 Å². The van der Waals surface area contributed by atoms with E-state index in [4.69, 9.17) is 10.1 Å². The lowest BCUT2D eigenvalue weighted by molar-refractivity contribution is 0.441. The predicted octanol–water partition coefficient (Wildman–Crippen LogP) is -0.308. The number of aromatic nitrogens is 1. The summed E-state index contributed by atoms with van der Waals surface area (Å²) in [5, 5.41) is 17.0. The zero-order chi connectivity index (χ0) is 7.40. The van der Waals surface area contributed by atoms with Crippen molar-refractivity contribution in [2.75, 3.05) is 0 Å². The van der Waals surface area contributed by atoms with E-state index in [9.17, 15) is 0 Å². The summed E-state index contributed by atoms with van der Waals surface area (Å²) in [5.41, 5.74) is 0. The van der Waals surface area contributed by atoms with Crippen LogP contribution in [-0.2, 0) is 0 Å². The van der Waals surface area contributed by atoms with Gasteiger partial charge in [0.05, 0.1) is 12.4 Å². The van der Waals surface area contributed by atoms with Gasteiger partial charge in [-0.1, -0.05) is 0 Å². The van der Waals surface area contributed by atoms with Crippen LogP contribution in [-0.4, -0.2) is 22.8 Å². The number of aromatic hydroxyl groups is 1. The second-order valence-electron chi connectivity index (χ2n) is 1.60. The third-order valence-electron chi connectivity index (χ3n) is 0.888. The molecule has 0 aromatic carbocycles. The monoisotopic (exact) mass is 138 g/mol. The molecule has 0 aliphatic rings. The maximum Gasteiger partial charge on any atom is 0.569 e. The molecular formula is C5H5BNO3. The Labute approximate surface area is 58.4 Å². The van der Waals surface area contributed by atoms with Crippen LogP contribution in [0.2, 0.25) is 0 Å². The molecule has 1 heterocycles. The largest absolute Gasteiger partial charge is 0.569 e. The highest BCUT2D eigenvalue weighted by molar-refractivity contribution is 6.17. The molecule has 1 radical (unpaired) electrons. The summed E-state index contributed by atoms with van der Waals surface area (Å²) in [5.74, 6) is 0.293. The fraction of sp³-hybridized carbons (Fsp3) is 0. The van der Waals surface area contributed by atoms with Crippen LogP contribution in [0.4, 0.5) is 0 Å². The van der Waals surface area contributed by atoms with E-state index in [0.717, 1.165) is 0 Å². The third kappa shape index (κ3) is 1.63. The second kappa shape index (κ2) is 3.07. The van der Waals surface area contributed by atoms with Crippen molar-refractivity contribution >= 4 is 7.69 Å². The molecule has 1 rings (SSSR count). The highest BCUT2D eigenvalue weighted by Crippen LogP contribution is 2.14. The molecule has 2 N–H and O–H groups in total. The van der Waals surface area contributed by atoms with E-state index < -0.39 is 0 Å². The van der Waals surface area contributed by atoms with Crippen LogP contribution >= 0.6 is 0 Å².